The van der Waals surface area contributed by atoms with Crippen LogP contribution in [0.25, 0.3) is 0 Å². The third-order valence-corrected chi connectivity index (χ3v) is 2.77. The summed E-state index contributed by atoms with van der Waals surface area (Å²) in [7, 11) is 1.55. The zero-order valence-electron chi connectivity index (χ0n) is 9.25. The Morgan fingerprint density at radius 2 is 2.21 bits per heavy atom. The third kappa shape index (κ3) is 2.25. The predicted octanol–water partition coefficient (Wildman–Crippen LogP) is 0.361. The van der Waals surface area contributed by atoms with Gasteiger partial charge in [0.15, 0.2) is 0 Å². The minimum atomic E-state index is -0.346. The maximum absolute atomic E-state index is 11.6. The van der Waals surface area contributed by atoms with Crippen molar-refractivity contribution in [2.75, 3.05) is 20.2 Å². The Morgan fingerprint density at radius 1 is 1.64 bits per heavy atom. The second-order valence-corrected chi connectivity index (χ2v) is 4.18. The molecule has 0 aromatic rings. The van der Waals surface area contributed by atoms with E-state index >= 15 is 0 Å². The molecule has 1 aliphatic heterocycles. The Hall–Kier alpha value is -0.610. The van der Waals surface area contributed by atoms with Crippen LogP contribution in [0.1, 0.15) is 26.7 Å². The topological polar surface area (TPSA) is 55.6 Å². The first-order valence-electron chi connectivity index (χ1n) is 5.13. The molecule has 4 nitrogen and oxygen atoms in total. The van der Waals surface area contributed by atoms with Gasteiger partial charge in [0.25, 0.3) is 5.91 Å². The minimum absolute atomic E-state index is 0.0460. The molecular formula is C10H20N2O2. The maximum atomic E-state index is 11.6. The van der Waals surface area contributed by atoms with Gasteiger partial charge in [-0.2, -0.15) is 0 Å². The van der Waals surface area contributed by atoms with Gasteiger partial charge in [-0.3, -0.25) is 4.79 Å². The number of ether oxygens (including phenoxy) is 1. The van der Waals surface area contributed by atoms with E-state index in [9.17, 15) is 4.79 Å². The van der Waals surface area contributed by atoms with Crippen LogP contribution >= 0.6 is 0 Å². The molecule has 0 saturated carbocycles. The van der Waals surface area contributed by atoms with Crippen LogP contribution in [0.5, 0.6) is 0 Å². The van der Waals surface area contributed by atoms with Crippen LogP contribution in [-0.4, -0.2) is 42.6 Å². The lowest BCUT2D eigenvalue weighted by molar-refractivity contribution is -0.148. The number of nitrogens with zero attached hydrogens (tertiary/aromatic N) is 1. The van der Waals surface area contributed by atoms with E-state index in [1.54, 1.807) is 18.9 Å². The average molecular weight is 200 g/mol. The van der Waals surface area contributed by atoms with Crippen molar-refractivity contribution >= 4 is 5.91 Å². The summed E-state index contributed by atoms with van der Waals surface area (Å²) in [5.74, 6) is 0.0460. The first kappa shape index (κ1) is 11.5. The van der Waals surface area contributed by atoms with Gasteiger partial charge in [0.1, 0.15) is 6.10 Å². The molecule has 1 heterocycles. The lowest BCUT2D eigenvalue weighted by atomic mass is 9.86. The van der Waals surface area contributed by atoms with Crippen LogP contribution in [0.4, 0.5) is 0 Å². The Labute approximate surface area is 85.4 Å². The fraction of sp³-hybridized carbons (Fsp3) is 0.900. The first-order chi connectivity index (χ1) is 6.52. The number of carbonyl (C=O) groups excluding carboxylic acids is 1. The van der Waals surface area contributed by atoms with E-state index < -0.39 is 0 Å². The molecule has 1 aliphatic rings. The molecule has 1 amide bonds. The fourth-order valence-corrected chi connectivity index (χ4v) is 1.88. The molecule has 1 fully saturated rings. The largest absolute Gasteiger partial charge is 0.372 e. The summed E-state index contributed by atoms with van der Waals surface area (Å²) in [6, 6.07) is 0. The maximum Gasteiger partial charge on any atom is 0.251 e. The van der Waals surface area contributed by atoms with E-state index in [1.165, 1.54) is 0 Å². The van der Waals surface area contributed by atoms with Crippen LogP contribution in [0.2, 0.25) is 0 Å². The molecule has 0 aliphatic carbocycles. The van der Waals surface area contributed by atoms with Crippen LogP contribution in [-0.2, 0) is 9.53 Å². The highest BCUT2D eigenvalue weighted by Crippen LogP contribution is 2.23. The van der Waals surface area contributed by atoms with Crippen molar-refractivity contribution in [3.63, 3.8) is 0 Å². The van der Waals surface area contributed by atoms with Crippen molar-refractivity contribution in [3.8, 4) is 0 Å². The number of carbonyl (C=O) groups is 1. The Kier molecular flexibility index (Phi) is 3.50. The number of nitrogens with two attached hydrogens (primary N) is 1. The summed E-state index contributed by atoms with van der Waals surface area (Å²) in [5, 5.41) is 0. The van der Waals surface area contributed by atoms with Crippen molar-refractivity contribution in [2.24, 2.45) is 5.73 Å². The summed E-state index contributed by atoms with van der Waals surface area (Å²) < 4.78 is 4.96. The molecule has 14 heavy (non-hydrogen) atoms. The average Bonchev–Trinajstić information content (AvgIpc) is 2.12. The van der Waals surface area contributed by atoms with E-state index in [0.717, 1.165) is 12.8 Å². The monoisotopic (exact) mass is 200 g/mol. The smallest absolute Gasteiger partial charge is 0.251 e. The second-order valence-electron chi connectivity index (χ2n) is 4.18. The molecule has 2 N–H and O–H groups in total. The molecule has 0 radical (unpaired) electrons. The standard InChI is InChI=1S/C10H20N2O2/c1-4-5-10(11)6-12(7-10)9(13)8(2)14-3/h8H,4-7,11H2,1-3H3. The van der Waals surface area contributed by atoms with Gasteiger partial charge in [-0.1, -0.05) is 13.3 Å². The highest BCUT2D eigenvalue weighted by molar-refractivity contribution is 5.81. The highest BCUT2D eigenvalue weighted by atomic mass is 16.5. The minimum Gasteiger partial charge on any atom is -0.372 e. The number of hydrogen-bond donors (Lipinski definition) is 1. The summed E-state index contributed by atoms with van der Waals surface area (Å²) >= 11 is 0. The number of methoxy groups -OCH3 is 1. The first-order valence-corrected chi connectivity index (χ1v) is 5.13. The van der Waals surface area contributed by atoms with Gasteiger partial charge in [-0.15, -0.1) is 0 Å². The van der Waals surface area contributed by atoms with Crippen molar-refractivity contribution in [3.05, 3.63) is 0 Å². The molecule has 0 aromatic carbocycles. The Morgan fingerprint density at radius 3 is 2.64 bits per heavy atom. The van der Waals surface area contributed by atoms with Crippen molar-refractivity contribution in [1.82, 2.24) is 4.90 Å². The summed E-state index contributed by atoms with van der Waals surface area (Å²) in [5.41, 5.74) is 5.91. The summed E-state index contributed by atoms with van der Waals surface area (Å²) in [4.78, 5) is 13.4. The number of rotatable bonds is 4. The normalized spacial score (nSPS) is 21.6. The van der Waals surface area contributed by atoms with Gasteiger partial charge >= 0.3 is 0 Å². The molecule has 82 valence electrons. The van der Waals surface area contributed by atoms with Crippen LogP contribution in [0, 0.1) is 0 Å². The predicted molar refractivity (Wildman–Crippen MR) is 54.9 cm³/mol. The third-order valence-electron chi connectivity index (χ3n) is 2.77. The molecule has 0 aromatic heterocycles. The van der Waals surface area contributed by atoms with Crippen LogP contribution in [0.15, 0.2) is 0 Å². The van der Waals surface area contributed by atoms with Gasteiger partial charge in [-0.25, -0.2) is 0 Å². The lowest BCUT2D eigenvalue weighted by Crippen LogP contribution is -2.69. The van der Waals surface area contributed by atoms with Crippen molar-refractivity contribution < 1.29 is 9.53 Å². The summed E-state index contributed by atoms with van der Waals surface area (Å²) in [6.07, 6.45) is 1.71. The summed E-state index contributed by atoms with van der Waals surface area (Å²) in [6.45, 7) is 5.22. The SMILES string of the molecule is CCCC1(N)CN(C(=O)C(C)OC)C1. The molecule has 1 saturated heterocycles. The Balaban J connectivity index is 2.37. The van der Waals surface area contributed by atoms with E-state index in [1.807, 2.05) is 0 Å². The molecule has 0 bridgehead atoms. The quantitative estimate of drug-likeness (QED) is 0.713. The molecule has 0 spiro atoms. The lowest BCUT2D eigenvalue weighted by Gasteiger charge is -2.48. The van der Waals surface area contributed by atoms with Gasteiger partial charge in [-0.05, 0) is 13.3 Å². The van der Waals surface area contributed by atoms with Crippen molar-refractivity contribution in [1.29, 1.82) is 0 Å². The van der Waals surface area contributed by atoms with Crippen LogP contribution < -0.4 is 5.73 Å². The van der Waals surface area contributed by atoms with E-state index in [0.29, 0.717) is 13.1 Å². The zero-order valence-corrected chi connectivity index (χ0v) is 9.25. The fourth-order valence-electron chi connectivity index (χ4n) is 1.88. The van der Waals surface area contributed by atoms with Gasteiger partial charge in [0.05, 0.1) is 5.54 Å². The van der Waals surface area contributed by atoms with E-state index in [-0.39, 0.29) is 17.6 Å². The Bertz CT molecular complexity index is 212. The molecule has 1 unspecified atom stereocenters. The molecule has 1 rings (SSSR count). The second kappa shape index (κ2) is 4.28. The molecular weight excluding hydrogens is 180 g/mol. The molecule has 1 atom stereocenters. The number of hydrogen-bond acceptors (Lipinski definition) is 3. The van der Waals surface area contributed by atoms with Gasteiger partial charge in [0.2, 0.25) is 0 Å². The number of likely N-dealkylation sites (tertiary alicyclic amines) is 1. The van der Waals surface area contributed by atoms with Crippen molar-refractivity contribution in [2.45, 2.75) is 38.3 Å². The highest BCUT2D eigenvalue weighted by Gasteiger charge is 2.42. The molecule has 4 heteroatoms. The van der Waals surface area contributed by atoms with E-state index in [4.69, 9.17) is 10.5 Å². The van der Waals surface area contributed by atoms with Crippen LogP contribution in [0.3, 0.4) is 0 Å². The van der Waals surface area contributed by atoms with Gasteiger partial charge in [0, 0.05) is 20.2 Å². The number of amides is 1. The van der Waals surface area contributed by atoms with Gasteiger partial charge < -0.3 is 15.4 Å². The van der Waals surface area contributed by atoms with E-state index in [2.05, 4.69) is 6.92 Å². The zero-order chi connectivity index (χ0) is 10.8.